The summed E-state index contributed by atoms with van der Waals surface area (Å²) in [7, 11) is 0. The number of carbonyl (C=O) groups excluding carboxylic acids is 1. The number of halogens is 4. The molecule has 0 amide bonds. The molecule has 1 aromatic carbocycles. The summed E-state index contributed by atoms with van der Waals surface area (Å²) in [5.74, 6) is -1.13. The number of carbonyl (C=O) groups is 1. The van der Waals surface area contributed by atoms with Crippen LogP contribution in [-0.2, 0) is 17.5 Å². The number of aromatic nitrogens is 2. The van der Waals surface area contributed by atoms with Gasteiger partial charge in [-0.3, -0.25) is 9.48 Å². The van der Waals surface area contributed by atoms with E-state index in [0.717, 1.165) is 11.6 Å². The molecule has 2 rings (SSSR count). The molecule has 8 heteroatoms. The number of benzene rings is 1. The molecule has 21 heavy (non-hydrogen) atoms. The van der Waals surface area contributed by atoms with Gasteiger partial charge in [-0.05, 0) is 17.7 Å². The monoisotopic (exact) mass is 318 g/mol. The van der Waals surface area contributed by atoms with E-state index in [1.165, 1.54) is 6.07 Å². The normalized spacial score (nSPS) is 11.5. The topological polar surface area (TPSA) is 44.1 Å². The fourth-order valence-corrected chi connectivity index (χ4v) is 1.96. The second-order valence-electron chi connectivity index (χ2n) is 4.25. The van der Waals surface area contributed by atoms with Crippen LogP contribution in [0.4, 0.5) is 13.2 Å². The van der Waals surface area contributed by atoms with E-state index in [4.69, 9.17) is 11.6 Å². The van der Waals surface area contributed by atoms with Crippen LogP contribution in [0, 0.1) is 0 Å². The zero-order valence-electron chi connectivity index (χ0n) is 10.8. The molecule has 0 unspecified atom stereocenters. The number of hydrogen-bond acceptors (Lipinski definition) is 3. The van der Waals surface area contributed by atoms with Crippen molar-refractivity contribution >= 4 is 17.6 Å². The van der Waals surface area contributed by atoms with Crippen LogP contribution in [0.15, 0.2) is 30.3 Å². The quantitative estimate of drug-likeness (QED) is 0.813. The Hall–Kier alpha value is -2.02. The number of nitrogens with zero attached hydrogens (tertiary/aromatic N) is 2. The Kier molecular flexibility index (Phi) is 4.22. The summed E-state index contributed by atoms with van der Waals surface area (Å²) >= 11 is 5.79. The van der Waals surface area contributed by atoms with Gasteiger partial charge >= 0.3 is 12.1 Å². The van der Waals surface area contributed by atoms with Gasteiger partial charge in [0.15, 0.2) is 0 Å². The van der Waals surface area contributed by atoms with E-state index in [-0.39, 0.29) is 6.54 Å². The van der Waals surface area contributed by atoms with Gasteiger partial charge < -0.3 is 4.74 Å². The summed E-state index contributed by atoms with van der Waals surface area (Å²) in [4.78, 5) is 10.8. The Balaban J connectivity index is 2.36. The smallest absolute Gasteiger partial charge is 0.406 e. The molecule has 0 atom stereocenters. The van der Waals surface area contributed by atoms with Gasteiger partial charge in [-0.1, -0.05) is 23.7 Å². The molecular weight excluding hydrogens is 309 g/mol. The first-order chi connectivity index (χ1) is 9.75. The highest BCUT2D eigenvalue weighted by Crippen LogP contribution is 2.32. The van der Waals surface area contributed by atoms with Crippen molar-refractivity contribution in [2.45, 2.75) is 19.6 Å². The summed E-state index contributed by atoms with van der Waals surface area (Å²) in [5.41, 5.74) is -0.454. The molecule has 4 nitrogen and oxygen atoms in total. The Bertz CT molecular complexity index is 668. The van der Waals surface area contributed by atoms with Crippen LogP contribution in [-0.4, -0.2) is 15.7 Å². The number of ether oxygens (including phenoxy) is 1. The van der Waals surface area contributed by atoms with Crippen LogP contribution in [0.5, 0.6) is 5.88 Å². The molecular formula is C13H10ClF3N2O2. The Morgan fingerprint density at radius 3 is 2.67 bits per heavy atom. The highest BCUT2D eigenvalue weighted by atomic mass is 35.5. The zero-order valence-corrected chi connectivity index (χ0v) is 11.6. The highest BCUT2D eigenvalue weighted by Gasteiger charge is 2.36. The van der Waals surface area contributed by atoms with Crippen molar-refractivity contribution in [2.75, 3.05) is 0 Å². The van der Waals surface area contributed by atoms with Gasteiger partial charge in [-0.2, -0.15) is 13.2 Å². The van der Waals surface area contributed by atoms with Crippen molar-refractivity contribution in [1.82, 2.24) is 9.78 Å². The molecule has 2 aromatic rings. The molecule has 112 valence electrons. The van der Waals surface area contributed by atoms with E-state index in [2.05, 4.69) is 9.84 Å². The Labute approximate surface area is 123 Å². The lowest BCUT2D eigenvalue weighted by atomic mass is 10.2. The number of esters is 1. The Morgan fingerprint density at radius 1 is 1.38 bits per heavy atom. The van der Waals surface area contributed by atoms with E-state index in [1.54, 1.807) is 18.2 Å². The molecule has 0 saturated carbocycles. The van der Waals surface area contributed by atoms with Gasteiger partial charge in [-0.15, -0.1) is 5.10 Å². The minimum atomic E-state index is -4.61. The molecule has 0 spiro atoms. The predicted molar refractivity (Wildman–Crippen MR) is 69.1 cm³/mol. The lowest BCUT2D eigenvalue weighted by Crippen LogP contribution is -2.15. The van der Waals surface area contributed by atoms with E-state index >= 15 is 0 Å². The number of hydrogen-bond donors (Lipinski definition) is 0. The molecule has 0 N–H and O–H groups in total. The van der Waals surface area contributed by atoms with Gasteiger partial charge in [0.1, 0.15) is 5.69 Å². The van der Waals surface area contributed by atoms with E-state index in [0.29, 0.717) is 16.7 Å². The first kappa shape index (κ1) is 15.4. The predicted octanol–water partition coefficient (Wildman–Crippen LogP) is 3.53. The average molecular weight is 319 g/mol. The van der Waals surface area contributed by atoms with Crippen molar-refractivity contribution < 1.29 is 22.7 Å². The lowest BCUT2D eigenvalue weighted by Gasteiger charge is -2.10. The van der Waals surface area contributed by atoms with E-state index < -0.39 is 23.7 Å². The fraction of sp³-hybridized carbons (Fsp3) is 0.231. The summed E-state index contributed by atoms with van der Waals surface area (Å²) in [6.45, 7) is 0.944. The largest absolute Gasteiger partial charge is 0.433 e. The molecule has 0 fully saturated rings. The van der Waals surface area contributed by atoms with Crippen molar-refractivity contribution in [3.63, 3.8) is 0 Å². The van der Waals surface area contributed by atoms with Gasteiger partial charge in [0, 0.05) is 18.0 Å². The van der Waals surface area contributed by atoms with Crippen molar-refractivity contribution in [2.24, 2.45) is 0 Å². The second kappa shape index (κ2) is 5.77. The SMILES string of the molecule is CC(=O)Oc1cc(C(F)(F)F)n(Cc2cccc(Cl)c2)n1. The molecule has 0 aliphatic carbocycles. The zero-order chi connectivity index (χ0) is 15.6. The first-order valence-corrected chi connectivity index (χ1v) is 6.21. The van der Waals surface area contributed by atoms with Crippen molar-refractivity contribution in [3.05, 3.63) is 46.6 Å². The number of rotatable bonds is 3. The second-order valence-corrected chi connectivity index (χ2v) is 4.68. The first-order valence-electron chi connectivity index (χ1n) is 5.83. The summed E-state index contributed by atoms with van der Waals surface area (Å²) in [6.07, 6.45) is -4.61. The van der Waals surface area contributed by atoms with Crippen LogP contribution in [0.1, 0.15) is 18.2 Å². The van der Waals surface area contributed by atoms with Crippen molar-refractivity contribution in [1.29, 1.82) is 0 Å². The van der Waals surface area contributed by atoms with Gasteiger partial charge in [-0.25, -0.2) is 0 Å². The van der Waals surface area contributed by atoms with Crippen LogP contribution in [0.25, 0.3) is 0 Å². The standard InChI is InChI=1S/C13H10ClF3N2O2/c1-8(20)21-12-6-11(13(15,16)17)19(18-12)7-9-3-2-4-10(14)5-9/h2-6H,7H2,1H3. The molecule has 1 aromatic heterocycles. The van der Waals surface area contributed by atoms with Crippen molar-refractivity contribution in [3.8, 4) is 5.88 Å². The summed E-state index contributed by atoms with van der Waals surface area (Å²) in [6, 6.07) is 7.09. The van der Waals surface area contributed by atoms with E-state index in [1.807, 2.05) is 0 Å². The maximum Gasteiger partial charge on any atom is 0.433 e. The maximum atomic E-state index is 13.0. The van der Waals surface area contributed by atoms with Gasteiger partial charge in [0.2, 0.25) is 5.88 Å². The molecule has 0 bridgehead atoms. The maximum absolute atomic E-state index is 13.0. The molecule has 0 aliphatic rings. The van der Waals surface area contributed by atoms with E-state index in [9.17, 15) is 18.0 Å². The molecule has 1 heterocycles. The van der Waals surface area contributed by atoms with Gasteiger partial charge in [0.25, 0.3) is 0 Å². The fourth-order valence-electron chi connectivity index (χ4n) is 1.75. The highest BCUT2D eigenvalue weighted by molar-refractivity contribution is 6.30. The van der Waals surface area contributed by atoms with Gasteiger partial charge in [0.05, 0.1) is 6.54 Å². The Morgan fingerprint density at radius 2 is 2.10 bits per heavy atom. The van der Waals surface area contributed by atoms with Crippen LogP contribution >= 0.6 is 11.6 Å². The number of alkyl halides is 3. The summed E-state index contributed by atoms with van der Waals surface area (Å²) in [5, 5.41) is 4.06. The third-order valence-electron chi connectivity index (χ3n) is 2.52. The van der Waals surface area contributed by atoms with Crippen LogP contribution in [0.3, 0.4) is 0 Å². The lowest BCUT2D eigenvalue weighted by molar-refractivity contribution is -0.144. The third kappa shape index (κ3) is 3.98. The molecule has 0 saturated heterocycles. The molecule has 0 aliphatic heterocycles. The molecule has 0 radical (unpaired) electrons. The minimum Gasteiger partial charge on any atom is -0.406 e. The minimum absolute atomic E-state index is 0.142. The van der Waals surface area contributed by atoms with Crippen LogP contribution in [0.2, 0.25) is 5.02 Å². The summed E-state index contributed by atoms with van der Waals surface area (Å²) < 4.78 is 44.2. The van der Waals surface area contributed by atoms with Crippen LogP contribution < -0.4 is 4.74 Å². The third-order valence-corrected chi connectivity index (χ3v) is 2.75. The average Bonchev–Trinajstić information content (AvgIpc) is 2.70.